The molecule has 0 bridgehead atoms. The Labute approximate surface area is 131 Å². The lowest BCUT2D eigenvalue weighted by Gasteiger charge is -2.32. The minimum atomic E-state index is -1.06. The molecule has 3 heterocycles. The van der Waals surface area contributed by atoms with Gasteiger partial charge in [-0.25, -0.2) is 0 Å². The first-order valence-electron chi connectivity index (χ1n) is 6.94. The molecule has 4 rings (SSSR count). The highest BCUT2D eigenvalue weighted by molar-refractivity contribution is 7.08. The minimum absolute atomic E-state index is 0.605. The number of nitrogens with two attached hydrogens (primary N) is 2. The van der Waals surface area contributed by atoms with Crippen LogP contribution in [0.4, 0.5) is 0 Å². The highest BCUT2D eigenvalue weighted by atomic mass is 32.1. The highest BCUT2D eigenvalue weighted by Gasteiger charge is 2.37. The summed E-state index contributed by atoms with van der Waals surface area (Å²) in [6.07, 6.45) is 3.00. The summed E-state index contributed by atoms with van der Waals surface area (Å²) in [4.78, 5) is 12.2. The Balaban J connectivity index is 1.84. The summed E-state index contributed by atoms with van der Waals surface area (Å²) in [7, 11) is 0. The highest BCUT2D eigenvalue weighted by Crippen LogP contribution is 2.29. The number of aliphatic imine (C=N–C) groups is 2. The van der Waals surface area contributed by atoms with Gasteiger partial charge in [-0.05, 0) is 40.6 Å². The summed E-state index contributed by atoms with van der Waals surface area (Å²) < 4.78 is 0. The van der Waals surface area contributed by atoms with Crippen LogP contribution in [0.15, 0.2) is 57.3 Å². The lowest BCUT2D eigenvalue weighted by molar-refractivity contribution is 0.377. The van der Waals surface area contributed by atoms with E-state index in [0.717, 1.165) is 27.7 Å². The molecule has 0 aliphatic carbocycles. The van der Waals surface area contributed by atoms with Crippen LogP contribution in [-0.4, -0.2) is 23.1 Å². The quantitative estimate of drug-likeness (QED) is 0.677. The molecule has 1 aliphatic rings. The molecule has 1 aromatic carbocycles. The Morgan fingerprint density at radius 3 is 2.95 bits per heavy atom. The maximum Gasteiger partial charge on any atom is 0.170 e. The first-order chi connectivity index (χ1) is 10.7. The third-order valence-corrected chi connectivity index (χ3v) is 4.63. The lowest BCUT2D eigenvalue weighted by atomic mass is 9.95. The Hall–Kier alpha value is -2.28. The number of nitrogens with one attached hydrogen (secondary N) is 1. The predicted molar refractivity (Wildman–Crippen MR) is 91.5 cm³/mol. The van der Waals surface area contributed by atoms with Gasteiger partial charge < -0.3 is 16.5 Å². The fraction of sp³-hybridized carbons (Fsp3) is 0.125. The summed E-state index contributed by atoms with van der Waals surface area (Å²) in [6, 6.07) is 9.96. The van der Waals surface area contributed by atoms with Gasteiger partial charge in [-0.2, -0.15) is 11.3 Å². The second-order valence-electron chi connectivity index (χ2n) is 5.34. The van der Waals surface area contributed by atoms with Crippen molar-refractivity contribution in [3.05, 3.63) is 58.4 Å². The van der Waals surface area contributed by atoms with Crippen molar-refractivity contribution in [2.75, 3.05) is 0 Å². The van der Waals surface area contributed by atoms with E-state index in [1.807, 2.05) is 47.3 Å². The van der Waals surface area contributed by atoms with Gasteiger partial charge in [0.15, 0.2) is 5.66 Å². The molecule has 6 heteroatoms. The zero-order valence-electron chi connectivity index (χ0n) is 11.7. The number of aromatic amines is 1. The third-order valence-electron chi connectivity index (χ3n) is 3.95. The summed E-state index contributed by atoms with van der Waals surface area (Å²) in [6.45, 7) is 0. The standard InChI is InChI=1S/C16H15N5S/c17-15-16(18,12-1-2-13-10(7-12)3-5-19-13)21-14(8-20-15)11-4-6-22-9-11/h1-9,15,19H,17-18H2. The molecule has 0 radical (unpaired) electrons. The van der Waals surface area contributed by atoms with Crippen LogP contribution in [0.5, 0.6) is 0 Å². The van der Waals surface area contributed by atoms with Crippen LogP contribution in [0.3, 0.4) is 0 Å². The number of thiophene rings is 1. The van der Waals surface area contributed by atoms with Crippen LogP contribution in [0.2, 0.25) is 0 Å². The molecule has 0 amide bonds. The SMILES string of the molecule is NC1N=CC(c2ccsc2)=NC1(N)c1ccc2[nH]ccc2c1. The van der Waals surface area contributed by atoms with Crippen LogP contribution >= 0.6 is 11.3 Å². The average Bonchev–Trinajstić information content (AvgIpc) is 3.20. The van der Waals surface area contributed by atoms with Crippen molar-refractivity contribution in [1.82, 2.24) is 4.98 Å². The van der Waals surface area contributed by atoms with E-state index in [0.29, 0.717) is 0 Å². The molecule has 0 saturated carbocycles. The van der Waals surface area contributed by atoms with Gasteiger partial charge in [0.2, 0.25) is 0 Å². The van der Waals surface area contributed by atoms with Crippen LogP contribution in [0.25, 0.3) is 10.9 Å². The molecular weight excluding hydrogens is 294 g/mol. The van der Waals surface area contributed by atoms with Crippen LogP contribution < -0.4 is 11.5 Å². The molecule has 2 unspecified atom stereocenters. The second-order valence-corrected chi connectivity index (χ2v) is 6.12. The maximum atomic E-state index is 6.55. The number of aromatic nitrogens is 1. The molecule has 0 saturated heterocycles. The fourth-order valence-electron chi connectivity index (χ4n) is 2.65. The van der Waals surface area contributed by atoms with Gasteiger partial charge in [0, 0.05) is 28.9 Å². The molecule has 110 valence electrons. The largest absolute Gasteiger partial charge is 0.361 e. The molecule has 0 fully saturated rings. The van der Waals surface area contributed by atoms with E-state index in [1.54, 1.807) is 17.6 Å². The van der Waals surface area contributed by atoms with Gasteiger partial charge in [0.05, 0.1) is 5.71 Å². The molecule has 0 spiro atoms. The summed E-state index contributed by atoms with van der Waals surface area (Å²) in [5, 5.41) is 5.11. The molecule has 3 aromatic rings. The van der Waals surface area contributed by atoms with Crippen LogP contribution in [0.1, 0.15) is 11.1 Å². The van der Waals surface area contributed by atoms with Crippen molar-refractivity contribution in [3.8, 4) is 0 Å². The molecule has 5 N–H and O–H groups in total. The van der Waals surface area contributed by atoms with Crippen molar-refractivity contribution in [2.45, 2.75) is 11.8 Å². The van der Waals surface area contributed by atoms with E-state index in [4.69, 9.17) is 16.5 Å². The number of H-pyrrole nitrogens is 1. The monoisotopic (exact) mass is 309 g/mol. The number of nitrogens with zero attached hydrogens (tertiary/aromatic N) is 2. The van der Waals surface area contributed by atoms with Crippen molar-refractivity contribution >= 4 is 34.2 Å². The summed E-state index contributed by atoms with van der Waals surface area (Å²) >= 11 is 1.61. The van der Waals surface area contributed by atoms with Gasteiger partial charge in [-0.15, -0.1) is 0 Å². The van der Waals surface area contributed by atoms with Crippen molar-refractivity contribution in [3.63, 3.8) is 0 Å². The topological polar surface area (TPSA) is 92.5 Å². The minimum Gasteiger partial charge on any atom is -0.361 e. The smallest absolute Gasteiger partial charge is 0.170 e. The van der Waals surface area contributed by atoms with Crippen molar-refractivity contribution in [2.24, 2.45) is 21.5 Å². The molecule has 22 heavy (non-hydrogen) atoms. The van der Waals surface area contributed by atoms with Crippen molar-refractivity contribution in [1.29, 1.82) is 0 Å². The zero-order chi connectivity index (χ0) is 15.2. The van der Waals surface area contributed by atoms with E-state index in [-0.39, 0.29) is 0 Å². The van der Waals surface area contributed by atoms with E-state index in [2.05, 4.69) is 9.98 Å². The van der Waals surface area contributed by atoms with E-state index in [9.17, 15) is 0 Å². The number of hydrogen-bond donors (Lipinski definition) is 3. The lowest BCUT2D eigenvalue weighted by Crippen LogP contribution is -2.52. The Morgan fingerprint density at radius 1 is 1.23 bits per heavy atom. The Bertz CT molecular complexity index is 877. The Kier molecular flexibility index (Phi) is 2.97. The normalized spacial score (nSPS) is 24.6. The first-order valence-corrected chi connectivity index (χ1v) is 7.89. The van der Waals surface area contributed by atoms with Gasteiger partial charge >= 0.3 is 0 Å². The molecule has 2 atom stereocenters. The van der Waals surface area contributed by atoms with E-state index < -0.39 is 11.8 Å². The maximum absolute atomic E-state index is 6.55. The molecule has 2 aromatic heterocycles. The summed E-state index contributed by atoms with van der Waals surface area (Å²) in [5.41, 5.74) is 15.3. The van der Waals surface area contributed by atoms with Gasteiger partial charge in [0.25, 0.3) is 0 Å². The third kappa shape index (κ3) is 2.00. The Morgan fingerprint density at radius 2 is 2.14 bits per heavy atom. The van der Waals surface area contributed by atoms with Crippen molar-refractivity contribution < 1.29 is 0 Å². The summed E-state index contributed by atoms with van der Waals surface area (Å²) in [5.74, 6) is 0. The predicted octanol–water partition coefficient (Wildman–Crippen LogP) is 2.20. The van der Waals surface area contributed by atoms with Gasteiger partial charge in [-0.3, -0.25) is 9.98 Å². The second kappa shape index (κ2) is 4.88. The van der Waals surface area contributed by atoms with E-state index in [1.165, 1.54) is 0 Å². The number of fused-ring (bicyclic) bond motifs is 1. The molecular formula is C16H15N5S. The number of rotatable bonds is 2. The average molecular weight is 309 g/mol. The van der Waals surface area contributed by atoms with Gasteiger partial charge in [-0.1, -0.05) is 6.07 Å². The van der Waals surface area contributed by atoms with Crippen LogP contribution in [0, 0.1) is 0 Å². The van der Waals surface area contributed by atoms with Gasteiger partial charge in [0.1, 0.15) is 6.17 Å². The number of hydrogen-bond acceptors (Lipinski definition) is 5. The first kappa shape index (κ1) is 13.4. The zero-order valence-corrected chi connectivity index (χ0v) is 12.5. The molecule has 5 nitrogen and oxygen atoms in total. The molecule has 1 aliphatic heterocycles. The number of benzene rings is 1. The fourth-order valence-corrected chi connectivity index (χ4v) is 3.30. The van der Waals surface area contributed by atoms with Crippen LogP contribution in [-0.2, 0) is 5.66 Å². The van der Waals surface area contributed by atoms with E-state index >= 15 is 0 Å².